The minimum atomic E-state index is 0.319. The standard InChI is InChI=1S/C11H22N4O/c16-11(15-9-4-13-5-10-15)1-6-14-7-2-12-3-8-14/h12-13H,1-10H2. The summed E-state index contributed by atoms with van der Waals surface area (Å²) in [5.41, 5.74) is 0. The molecule has 2 aliphatic rings. The fourth-order valence-corrected chi connectivity index (χ4v) is 2.26. The van der Waals surface area contributed by atoms with Gasteiger partial charge in [-0.05, 0) is 0 Å². The van der Waals surface area contributed by atoms with Crippen molar-refractivity contribution in [3.8, 4) is 0 Å². The summed E-state index contributed by atoms with van der Waals surface area (Å²) in [6.07, 6.45) is 0.681. The van der Waals surface area contributed by atoms with E-state index in [1.807, 2.05) is 4.90 Å². The second-order valence-electron chi connectivity index (χ2n) is 4.47. The molecule has 0 aromatic carbocycles. The number of carbonyl (C=O) groups excluding carboxylic acids is 1. The zero-order chi connectivity index (χ0) is 11.2. The monoisotopic (exact) mass is 226 g/mol. The molecule has 5 nitrogen and oxygen atoms in total. The third-order valence-electron chi connectivity index (χ3n) is 3.32. The summed E-state index contributed by atoms with van der Waals surface area (Å²) in [4.78, 5) is 16.3. The second-order valence-corrected chi connectivity index (χ2v) is 4.47. The molecule has 0 aromatic rings. The lowest BCUT2D eigenvalue weighted by atomic mass is 10.2. The maximum absolute atomic E-state index is 11.9. The van der Waals surface area contributed by atoms with Gasteiger partial charge in [0.1, 0.15) is 0 Å². The van der Waals surface area contributed by atoms with Gasteiger partial charge in [-0.25, -0.2) is 0 Å². The fourth-order valence-electron chi connectivity index (χ4n) is 2.26. The van der Waals surface area contributed by atoms with Gasteiger partial charge in [0.15, 0.2) is 0 Å². The van der Waals surface area contributed by atoms with Crippen molar-refractivity contribution in [1.82, 2.24) is 20.4 Å². The Morgan fingerprint density at radius 2 is 1.50 bits per heavy atom. The number of hydrogen-bond acceptors (Lipinski definition) is 4. The Morgan fingerprint density at radius 1 is 0.938 bits per heavy atom. The molecule has 0 atom stereocenters. The van der Waals surface area contributed by atoms with E-state index in [-0.39, 0.29) is 0 Å². The molecule has 1 amide bonds. The van der Waals surface area contributed by atoms with E-state index in [0.29, 0.717) is 12.3 Å². The molecular weight excluding hydrogens is 204 g/mol. The van der Waals surface area contributed by atoms with Gasteiger partial charge in [-0.2, -0.15) is 0 Å². The molecule has 0 spiro atoms. The van der Waals surface area contributed by atoms with Gasteiger partial charge in [0.05, 0.1) is 0 Å². The van der Waals surface area contributed by atoms with Crippen LogP contribution in [0.15, 0.2) is 0 Å². The SMILES string of the molecule is O=C(CCN1CCNCC1)N1CCNCC1. The molecule has 2 aliphatic heterocycles. The molecule has 92 valence electrons. The highest BCUT2D eigenvalue weighted by Crippen LogP contribution is 2.00. The summed E-state index contributed by atoms with van der Waals surface area (Å²) in [7, 11) is 0. The van der Waals surface area contributed by atoms with E-state index in [0.717, 1.165) is 58.9 Å². The molecule has 0 saturated carbocycles. The van der Waals surface area contributed by atoms with Crippen molar-refractivity contribution in [2.75, 3.05) is 58.9 Å². The van der Waals surface area contributed by atoms with Crippen LogP contribution in [-0.2, 0) is 4.79 Å². The molecule has 2 N–H and O–H groups in total. The van der Waals surface area contributed by atoms with Crippen LogP contribution in [-0.4, -0.2) is 74.6 Å². The van der Waals surface area contributed by atoms with E-state index < -0.39 is 0 Å². The largest absolute Gasteiger partial charge is 0.340 e. The van der Waals surface area contributed by atoms with Gasteiger partial charge in [0.2, 0.25) is 5.91 Å². The highest BCUT2D eigenvalue weighted by atomic mass is 16.2. The highest BCUT2D eigenvalue weighted by molar-refractivity contribution is 5.76. The Hall–Kier alpha value is -0.650. The lowest BCUT2D eigenvalue weighted by Gasteiger charge is -2.30. The highest BCUT2D eigenvalue weighted by Gasteiger charge is 2.17. The number of amides is 1. The van der Waals surface area contributed by atoms with Crippen LogP contribution in [0.4, 0.5) is 0 Å². The smallest absolute Gasteiger partial charge is 0.223 e. The van der Waals surface area contributed by atoms with E-state index >= 15 is 0 Å². The van der Waals surface area contributed by atoms with Gasteiger partial charge in [-0.3, -0.25) is 4.79 Å². The molecule has 16 heavy (non-hydrogen) atoms. The van der Waals surface area contributed by atoms with Crippen molar-refractivity contribution in [3.05, 3.63) is 0 Å². The first-order chi connectivity index (χ1) is 7.86. The van der Waals surface area contributed by atoms with E-state index in [2.05, 4.69) is 15.5 Å². The lowest BCUT2D eigenvalue weighted by Crippen LogP contribution is -2.48. The minimum absolute atomic E-state index is 0.319. The molecule has 0 bridgehead atoms. The van der Waals surface area contributed by atoms with Crippen LogP contribution in [0.1, 0.15) is 6.42 Å². The van der Waals surface area contributed by atoms with Crippen molar-refractivity contribution >= 4 is 5.91 Å². The van der Waals surface area contributed by atoms with Gasteiger partial charge in [-0.1, -0.05) is 0 Å². The Morgan fingerprint density at radius 3 is 2.12 bits per heavy atom. The van der Waals surface area contributed by atoms with E-state index in [1.54, 1.807) is 0 Å². The maximum atomic E-state index is 11.9. The number of rotatable bonds is 3. The first kappa shape index (κ1) is 11.8. The average Bonchev–Trinajstić information content (AvgIpc) is 2.38. The summed E-state index contributed by atoms with van der Waals surface area (Å²) in [6.45, 7) is 8.83. The van der Waals surface area contributed by atoms with E-state index in [4.69, 9.17) is 0 Å². The minimum Gasteiger partial charge on any atom is -0.340 e. The third-order valence-corrected chi connectivity index (χ3v) is 3.32. The molecule has 2 rings (SSSR count). The summed E-state index contributed by atoms with van der Waals surface area (Å²) in [5.74, 6) is 0.319. The zero-order valence-corrected chi connectivity index (χ0v) is 9.87. The van der Waals surface area contributed by atoms with Crippen LogP contribution in [0.2, 0.25) is 0 Å². The van der Waals surface area contributed by atoms with Crippen molar-refractivity contribution in [2.24, 2.45) is 0 Å². The van der Waals surface area contributed by atoms with Crippen LogP contribution >= 0.6 is 0 Å². The lowest BCUT2D eigenvalue weighted by molar-refractivity contribution is -0.132. The first-order valence-electron chi connectivity index (χ1n) is 6.28. The zero-order valence-electron chi connectivity index (χ0n) is 9.87. The molecule has 5 heteroatoms. The summed E-state index contributed by atoms with van der Waals surface area (Å²) < 4.78 is 0. The van der Waals surface area contributed by atoms with Gasteiger partial charge < -0.3 is 20.4 Å². The van der Waals surface area contributed by atoms with Gasteiger partial charge in [0.25, 0.3) is 0 Å². The summed E-state index contributed by atoms with van der Waals surface area (Å²) in [5, 5.41) is 6.58. The normalized spacial score (nSPS) is 23.4. The van der Waals surface area contributed by atoms with Crippen LogP contribution in [0.25, 0.3) is 0 Å². The molecule has 2 heterocycles. The molecule has 0 aromatic heterocycles. The van der Waals surface area contributed by atoms with Crippen LogP contribution in [0.3, 0.4) is 0 Å². The van der Waals surface area contributed by atoms with E-state index in [1.165, 1.54) is 0 Å². The first-order valence-corrected chi connectivity index (χ1v) is 6.28. The second kappa shape index (κ2) is 6.18. The van der Waals surface area contributed by atoms with Crippen molar-refractivity contribution in [1.29, 1.82) is 0 Å². The number of nitrogens with one attached hydrogen (secondary N) is 2. The predicted octanol–water partition coefficient (Wildman–Crippen LogP) is -1.29. The average molecular weight is 226 g/mol. The van der Waals surface area contributed by atoms with Crippen molar-refractivity contribution in [3.63, 3.8) is 0 Å². The number of piperazine rings is 2. The molecule has 2 fully saturated rings. The number of nitrogens with zero attached hydrogens (tertiary/aromatic N) is 2. The summed E-state index contributed by atoms with van der Waals surface area (Å²) >= 11 is 0. The van der Waals surface area contributed by atoms with Crippen LogP contribution in [0, 0.1) is 0 Å². The van der Waals surface area contributed by atoms with Crippen molar-refractivity contribution in [2.45, 2.75) is 6.42 Å². The van der Waals surface area contributed by atoms with Crippen molar-refractivity contribution < 1.29 is 4.79 Å². The van der Waals surface area contributed by atoms with Crippen LogP contribution in [0.5, 0.6) is 0 Å². The number of hydrogen-bond donors (Lipinski definition) is 2. The van der Waals surface area contributed by atoms with Gasteiger partial charge >= 0.3 is 0 Å². The Kier molecular flexibility index (Phi) is 4.56. The Bertz CT molecular complexity index is 222. The summed E-state index contributed by atoms with van der Waals surface area (Å²) in [6, 6.07) is 0. The number of carbonyl (C=O) groups is 1. The molecule has 2 saturated heterocycles. The van der Waals surface area contributed by atoms with Gasteiger partial charge in [-0.15, -0.1) is 0 Å². The third kappa shape index (κ3) is 3.43. The molecule has 0 unspecified atom stereocenters. The maximum Gasteiger partial charge on any atom is 0.223 e. The topological polar surface area (TPSA) is 47.6 Å². The fraction of sp³-hybridized carbons (Fsp3) is 0.909. The molecule has 0 aliphatic carbocycles. The van der Waals surface area contributed by atoms with E-state index in [9.17, 15) is 4.79 Å². The van der Waals surface area contributed by atoms with Gasteiger partial charge in [0, 0.05) is 65.3 Å². The Labute approximate surface area is 97.2 Å². The molecular formula is C11H22N4O. The quantitative estimate of drug-likeness (QED) is 0.629. The van der Waals surface area contributed by atoms with Crippen LogP contribution < -0.4 is 10.6 Å². The predicted molar refractivity (Wildman–Crippen MR) is 63.4 cm³/mol. The Balaban J connectivity index is 1.65. The molecule has 0 radical (unpaired) electrons.